The standard InChI is InChI=1S/C25H26F4N2O4/c1-35-20-13-17(26)7-8-18(20)19-15-30-21(32)14-23(19)9-11-31(12-10-23)22(33)24(34,25(27,28)29)16-5-3-2-4-6-16/h2-8,13,19,34H,9-12,14-15H2,1H3,(H,30,32)/t19?,24-/m1/s1. The number of likely N-dealkylation sites (tertiary alicyclic amines) is 1. The summed E-state index contributed by atoms with van der Waals surface area (Å²) in [6, 6.07) is 10.4. The summed E-state index contributed by atoms with van der Waals surface area (Å²) in [5.74, 6) is -2.09. The van der Waals surface area contributed by atoms with Gasteiger partial charge in [-0.3, -0.25) is 9.59 Å². The van der Waals surface area contributed by atoms with Gasteiger partial charge in [0.15, 0.2) is 0 Å². The molecule has 2 amide bonds. The minimum atomic E-state index is -5.23. The predicted molar refractivity (Wildman–Crippen MR) is 118 cm³/mol. The van der Waals surface area contributed by atoms with Crippen molar-refractivity contribution in [2.75, 3.05) is 26.7 Å². The van der Waals surface area contributed by atoms with Crippen LogP contribution in [0.2, 0.25) is 0 Å². The summed E-state index contributed by atoms with van der Waals surface area (Å²) >= 11 is 0. The number of methoxy groups -OCH3 is 1. The zero-order valence-electron chi connectivity index (χ0n) is 19.1. The Morgan fingerprint density at radius 2 is 1.80 bits per heavy atom. The normalized spacial score (nSPS) is 21.8. The Balaban J connectivity index is 1.62. The van der Waals surface area contributed by atoms with Crippen LogP contribution in [0.4, 0.5) is 17.6 Å². The van der Waals surface area contributed by atoms with Crippen molar-refractivity contribution in [2.24, 2.45) is 5.41 Å². The van der Waals surface area contributed by atoms with Crippen molar-refractivity contribution in [3.63, 3.8) is 0 Å². The van der Waals surface area contributed by atoms with Crippen molar-refractivity contribution in [3.05, 3.63) is 65.5 Å². The fraction of sp³-hybridized carbons (Fsp3) is 0.440. The Bertz CT molecular complexity index is 1100. The maximum atomic E-state index is 14.0. The van der Waals surface area contributed by atoms with Gasteiger partial charge in [-0.2, -0.15) is 13.2 Å². The number of benzene rings is 2. The van der Waals surface area contributed by atoms with Crippen LogP contribution in [-0.2, 0) is 15.2 Å². The number of halogens is 4. The van der Waals surface area contributed by atoms with Crippen molar-refractivity contribution in [1.29, 1.82) is 0 Å². The van der Waals surface area contributed by atoms with Crippen LogP contribution in [0.3, 0.4) is 0 Å². The van der Waals surface area contributed by atoms with Gasteiger partial charge in [-0.15, -0.1) is 0 Å². The van der Waals surface area contributed by atoms with Gasteiger partial charge in [0.2, 0.25) is 5.91 Å². The highest BCUT2D eigenvalue weighted by Crippen LogP contribution is 2.51. The lowest BCUT2D eigenvalue weighted by Gasteiger charge is -2.50. The van der Waals surface area contributed by atoms with E-state index >= 15 is 0 Å². The number of alkyl halides is 3. The number of carbonyl (C=O) groups excluding carboxylic acids is 2. The summed E-state index contributed by atoms with van der Waals surface area (Å²) in [4.78, 5) is 26.5. The molecule has 2 heterocycles. The SMILES string of the molecule is COc1cc(F)ccc1C1CNC(=O)CC12CCN(C(=O)[C@](O)(c1ccccc1)C(F)(F)F)CC2. The molecule has 2 saturated heterocycles. The molecule has 2 N–H and O–H groups in total. The van der Waals surface area contributed by atoms with E-state index < -0.39 is 34.5 Å². The third kappa shape index (κ3) is 4.35. The lowest BCUT2D eigenvalue weighted by Crippen LogP contribution is -2.59. The van der Waals surface area contributed by atoms with E-state index in [1.165, 1.54) is 37.4 Å². The second kappa shape index (κ2) is 9.14. The first-order valence-corrected chi connectivity index (χ1v) is 11.3. The Morgan fingerprint density at radius 3 is 2.40 bits per heavy atom. The van der Waals surface area contributed by atoms with Crippen LogP contribution in [0.5, 0.6) is 5.75 Å². The summed E-state index contributed by atoms with van der Waals surface area (Å²) in [5, 5.41) is 13.5. The third-order valence-corrected chi connectivity index (χ3v) is 7.28. The van der Waals surface area contributed by atoms with Crippen molar-refractivity contribution in [2.45, 2.75) is 37.0 Å². The number of hydrogen-bond acceptors (Lipinski definition) is 4. The molecule has 0 radical (unpaired) electrons. The molecule has 2 aromatic carbocycles. The number of rotatable bonds is 4. The highest BCUT2D eigenvalue weighted by molar-refractivity contribution is 5.87. The molecule has 1 unspecified atom stereocenters. The van der Waals surface area contributed by atoms with Crippen LogP contribution >= 0.6 is 0 Å². The number of carbonyl (C=O) groups is 2. The molecule has 2 atom stereocenters. The van der Waals surface area contributed by atoms with Gasteiger partial charge in [-0.05, 0) is 29.9 Å². The Kier molecular flexibility index (Phi) is 6.52. The average molecular weight is 494 g/mol. The Morgan fingerprint density at radius 1 is 1.14 bits per heavy atom. The monoisotopic (exact) mass is 494 g/mol. The van der Waals surface area contributed by atoms with Gasteiger partial charge in [0.05, 0.1) is 7.11 Å². The first kappa shape index (κ1) is 25.0. The molecule has 10 heteroatoms. The quantitative estimate of drug-likeness (QED) is 0.638. The molecule has 35 heavy (non-hydrogen) atoms. The first-order chi connectivity index (χ1) is 16.5. The van der Waals surface area contributed by atoms with Crippen molar-refractivity contribution in [1.82, 2.24) is 10.2 Å². The Hall–Kier alpha value is -3.14. The second-order valence-electron chi connectivity index (χ2n) is 9.15. The van der Waals surface area contributed by atoms with E-state index in [0.29, 0.717) is 11.3 Å². The van der Waals surface area contributed by atoms with Crippen LogP contribution < -0.4 is 10.1 Å². The van der Waals surface area contributed by atoms with Gasteiger partial charge in [0.25, 0.3) is 11.5 Å². The van der Waals surface area contributed by atoms with Crippen LogP contribution in [0.25, 0.3) is 0 Å². The summed E-state index contributed by atoms with van der Waals surface area (Å²) in [6.07, 6.45) is -4.64. The highest BCUT2D eigenvalue weighted by atomic mass is 19.4. The Labute approximate surface area is 199 Å². The van der Waals surface area contributed by atoms with Gasteiger partial charge in [-0.25, -0.2) is 4.39 Å². The molecule has 1 spiro atoms. The molecule has 6 nitrogen and oxygen atoms in total. The topological polar surface area (TPSA) is 78.9 Å². The number of piperidine rings is 2. The molecule has 2 aliphatic heterocycles. The summed E-state index contributed by atoms with van der Waals surface area (Å²) in [7, 11) is 1.41. The van der Waals surface area contributed by atoms with E-state index in [-0.39, 0.29) is 50.7 Å². The maximum Gasteiger partial charge on any atom is 0.430 e. The zero-order chi connectivity index (χ0) is 25.4. The van der Waals surface area contributed by atoms with E-state index in [1.54, 1.807) is 6.07 Å². The highest BCUT2D eigenvalue weighted by Gasteiger charge is 2.62. The predicted octanol–water partition coefficient (Wildman–Crippen LogP) is 3.50. The van der Waals surface area contributed by atoms with Crippen molar-refractivity contribution >= 4 is 11.8 Å². The molecule has 188 valence electrons. The molecule has 0 aliphatic carbocycles. The van der Waals surface area contributed by atoms with Crippen LogP contribution in [0.15, 0.2) is 48.5 Å². The van der Waals surface area contributed by atoms with E-state index in [4.69, 9.17) is 4.74 Å². The molecule has 2 aliphatic rings. The largest absolute Gasteiger partial charge is 0.496 e. The number of nitrogens with one attached hydrogen (secondary N) is 1. The molecule has 2 fully saturated rings. The van der Waals surface area contributed by atoms with Crippen molar-refractivity contribution < 1.29 is 37.0 Å². The number of hydrogen-bond donors (Lipinski definition) is 2. The van der Waals surface area contributed by atoms with E-state index in [9.17, 15) is 32.3 Å². The van der Waals surface area contributed by atoms with Gasteiger partial charge in [0.1, 0.15) is 11.6 Å². The van der Waals surface area contributed by atoms with Gasteiger partial charge < -0.3 is 20.1 Å². The molecule has 0 aromatic heterocycles. The van der Waals surface area contributed by atoms with Crippen LogP contribution in [-0.4, -0.2) is 54.7 Å². The zero-order valence-corrected chi connectivity index (χ0v) is 19.1. The van der Waals surface area contributed by atoms with E-state index in [2.05, 4.69) is 5.32 Å². The van der Waals surface area contributed by atoms with Crippen molar-refractivity contribution in [3.8, 4) is 5.75 Å². The summed E-state index contributed by atoms with van der Waals surface area (Å²) in [6.45, 7) is 0.111. The molecule has 0 bridgehead atoms. The first-order valence-electron chi connectivity index (χ1n) is 11.3. The summed E-state index contributed by atoms with van der Waals surface area (Å²) in [5.41, 5.74) is -4.20. The van der Waals surface area contributed by atoms with E-state index in [1.807, 2.05) is 0 Å². The van der Waals surface area contributed by atoms with Gasteiger partial charge >= 0.3 is 6.18 Å². The van der Waals surface area contributed by atoms with Crippen LogP contribution in [0.1, 0.15) is 36.3 Å². The minimum Gasteiger partial charge on any atom is -0.496 e. The smallest absolute Gasteiger partial charge is 0.430 e. The molecular formula is C25H26F4N2O4. The minimum absolute atomic E-state index is 0.0721. The van der Waals surface area contributed by atoms with Gasteiger partial charge in [0, 0.05) is 43.6 Å². The molecular weight excluding hydrogens is 468 g/mol. The molecule has 0 saturated carbocycles. The maximum absolute atomic E-state index is 14.0. The summed E-state index contributed by atoms with van der Waals surface area (Å²) < 4.78 is 61.1. The average Bonchev–Trinajstić information content (AvgIpc) is 2.84. The lowest BCUT2D eigenvalue weighted by atomic mass is 9.62. The van der Waals surface area contributed by atoms with Gasteiger partial charge in [-0.1, -0.05) is 36.4 Å². The second-order valence-corrected chi connectivity index (χ2v) is 9.15. The fourth-order valence-corrected chi connectivity index (χ4v) is 5.35. The number of aliphatic hydroxyl groups is 1. The number of amides is 2. The van der Waals surface area contributed by atoms with E-state index in [0.717, 1.165) is 17.0 Å². The fourth-order valence-electron chi connectivity index (χ4n) is 5.35. The number of ether oxygens (including phenoxy) is 1. The molecule has 2 aromatic rings. The molecule has 4 rings (SSSR count). The third-order valence-electron chi connectivity index (χ3n) is 7.28. The van der Waals surface area contributed by atoms with Crippen LogP contribution in [0, 0.1) is 11.2 Å². The number of nitrogens with zero attached hydrogens (tertiary/aromatic N) is 1. The lowest BCUT2D eigenvalue weighted by molar-refractivity contribution is -0.262.